The molecule has 0 heterocycles. The molecule has 0 atom stereocenters. The molecule has 0 saturated heterocycles. The maximum atomic E-state index is 11.4. The van der Waals surface area contributed by atoms with Crippen molar-refractivity contribution < 1.29 is 9.59 Å². The maximum absolute atomic E-state index is 11.4. The van der Waals surface area contributed by atoms with Crippen LogP contribution < -0.4 is 0 Å². The zero-order valence-corrected chi connectivity index (χ0v) is 16.9. The minimum Gasteiger partial charge on any atom is -0.294 e. The van der Waals surface area contributed by atoms with Crippen LogP contribution >= 0.6 is 31.9 Å². The van der Waals surface area contributed by atoms with Crippen molar-refractivity contribution in [3.8, 4) is 0 Å². The molecule has 0 N–H and O–H groups in total. The van der Waals surface area contributed by atoms with Crippen LogP contribution in [0.15, 0.2) is 33.2 Å². The van der Waals surface area contributed by atoms with E-state index in [0.29, 0.717) is 18.6 Å². The predicted octanol–water partition coefficient (Wildman–Crippen LogP) is 5.77. The van der Waals surface area contributed by atoms with E-state index in [2.05, 4.69) is 50.1 Å². The first kappa shape index (κ1) is 17.6. The number of benzene rings is 2. The highest BCUT2D eigenvalue weighted by Crippen LogP contribution is 2.31. The van der Waals surface area contributed by atoms with Gasteiger partial charge in [0.05, 0.1) is 0 Å². The molecule has 0 fully saturated rings. The highest BCUT2D eigenvalue weighted by molar-refractivity contribution is 9.10. The van der Waals surface area contributed by atoms with Gasteiger partial charge in [0.1, 0.15) is 0 Å². The third-order valence-electron chi connectivity index (χ3n) is 4.63. The van der Waals surface area contributed by atoms with Gasteiger partial charge >= 0.3 is 0 Å². The van der Waals surface area contributed by atoms with E-state index in [1.165, 1.54) is 11.1 Å². The van der Waals surface area contributed by atoms with Gasteiger partial charge in [-0.05, 0) is 77.0 Å². The summed E-state index contributed by atoms with van der Waals surface area (Å²) in [7, 11) is 0. The SMILES string of the molecule is Cc1cc2c(cc1Br)CCC2=O.Cc1ccc2c(c1Br)C(=O)CC2. The molecule has 124 valence electrons. The number of hydrogen-bond donors (Lipinski definition) is 0. The Kier molecular flexibility index (Phi) is 5.07. The van der Waals surface area contributed by atoms with Crippen LogP contribution in [0.4, 0.5) is 0 Å². The number of fused-ring (bicyclic) bond motifs is 2. The molecule has 0 saturated carbocycles. The third kappa shape index (κ3) is 3.27. The highest BCUT2D eigenvalue weighted by atomic mass is 79.9. The molecule has 2 nitrogen and oxygen atoms in total. The number of halogens is 2. The van der Waals surface area contributed by atoms with Crippen LogP contribution in [0.5, 0.6) is 0 Å². The standard InChI is InChI=1S/2C10H9BrO/c1-6-4-8-7(5-9(6)11)2-3-10(8)12;1-6-2-3-7-4-5-8(12)9(7)10(6)11/h4-5H,2-3H2,1H3;2-3H,4-5H2,1H3. The highest BCUT2D eigenvalue weighted by Gasteiger charge is 2.22. The Morgan fingerprint density at radius 1 is 0.792 bits per heavy atom. The molecular formula is C20H18Br2O2. The fraction of sp³-hybridized carbons (Fsp3) is 0.300. The van der Waals surface area contributed by atoms with E-state index in [1.807, 2.05) is 19.9 Å². The molecule has 2 aliphatic carbocycles. The summed E-state index contributed by atoms with van der Waals surface area (Å²) in [5, 5.41) is 0. The Hall–Kier alpha value is -1.26. The van der Waals surface area contributed by atoms with Gasteiger partial charge in [-0.25, -0.2) is 0 Å². The van der Waals surface area contributed by atoms with Crippen molar-refractivity contribution in [2.24, 2.45) is 0 Å². The lowest BCUT2D eigenvalue weighted by molar-refractivity contribution is 0.0986. The molecule has 0 aromatic heterocycles. The van der Waals surface area contributed by atoms with Gasteiger partial charge in [-0.1, -0.05) is 28.1 Å². The molecule has 2 aromatic rings. The normalized spacial score (nSPS) is 15.0. The van der Waals surface area contributed by atoms with Crippen molar-refractivity contribution in [2.75, 3.05) is 0 Å². The van der Waals surface area contributed by atoms with Gasteiger partial charge in [0.25, 0.3) is 0 Å². The first-order valence-electron chi connectivity index (χ1n) is 8.02. The second-order valence-electron chi connectivity index (χ2n) is 6.34. The summed E-state index contributed by atoms with van der Waals surface area (Å²) >= 11 is 6.91. The number of ketones is 2. The molecular weight excluding hydrogens is 432 g/mol. The average molecular weight is 450 g/mol. The smallest absolute Gasteiger partial charge is 0.164 e. The van der Waals surface area contributed by atoms with Crippen LogP contribution in [-0.2, 0) is 12.8 Å². The Balaban J connectivity index is 0.000000141. The molecule has 0 radical (unpaired) electrons. The van der Waals surface area contributed by atoms with Gasteiger partial charge in [0.2, 0.25) is 0 Å². The quantitative estimate of drug-likeness (QED) is 0.511. The fourth-order valence-corrected chi connectivity index (χ4v) is 4.17. The Labute approximate surface area is 158 Å². The zero-order valence-electron chi connectivity index (χ0n) is 13.7. The van der Waals surface area contributed by atoms with Gasteiger partial charge in [-0.15, -0.1) is 0 Å². The number of carbonyl (C=O) groups is 2. The summed E-state index contributed by atoms with van der Waals surface area (Å²) in [6.45, 7) is 4.02. The lowest BCUT2D eigenvalue weighted by atomic mass is 10.1. The van der Waals surface area contributed by atoms with Gasteiger partial charge in [-0.3, -0.25) is 9.59 Å². The summed E-state index contributed by atoms with van der Waals surface area (Å²) in [5.74, 6) is 0.571. The van der Waals surface area contributed by atoms with Crippen LogP contribution in [0.25, 0.3) is 0 Å². The van der Waals surface area contributed by atoms with Crippen LogP contribution in [0.2, 0.25) is 0 Å². The molecule has 4 heteroatoms. The molecule has 0 bridgehead atoms. The van der Waals surface area contributed by atoms with E-state index < -0.39 is 0 Å². The summed E-state index contributed by atoms with van der Waals surface area (Å²) in [4.78, 5) is 22.7. The Morgan fingerprint density at radius 2 is 1.46 bits per heavy atom. The van der Waals surface area contributed by atoms with Crippen molar-refractivity contribution in [1.82, 2.24) is 0 Å². The first-order chi connectivity index (χ1) is 11.4. The van der Waals surface area contributed by atoms with Gasteiger partial charge < -0.3 is 0 Å². The van der Waals surface area contributed by atoms with Gasteiger partial charge in [0, 0.05) is 32.9 Å². The van der Waals surface area contributed by atoms with Crippen LogP contribution in [-0.4, -0.2) is 11.6 Å². The van der Waals surface area contributed by atoms with Gasteiger partial charge in [0.15, 0.2) is 11.6 Å². The largest absolute Gasteiger partial charge is 0.294 e. The average Bonchev–Trinajstić information content (AvgIpc) is 3.09. The monoisotopic (exact) mass is 448 g/mol. The van der Waals surface area contributed by atoms with Crippen molar-refractivity contribution in [2.45, 2.75) is 39.5 Å². The minimum atomic E-state index is 0.278. The Morgan fingerprint density at radius 3 is 2.21 bits per heavy atom. The summed E-state index contributed by atoms with van der Waals surface area (Å²) in [6.07, 6.45) is 3.18. The van der Waals surface area contributed by atoms with E-state index in [4.69, 9.17) is 0 Å². The zero-order chi connectivity index (χ0) is 17.4. The van der Waals surface area contributed by atoms with E-state index >= 15 is 0 Å². The fourth-order valence-electron chi connectivity index (χ4n) is 3.18. The number of Topliss-reactive ketones (excluding diaryl/α,β-unsaturated/α-hetero) is 2. The summed E-state index contributed by atoms with van der Waals surface area (Å²) in [5.41, 5.74) is 6.51. The van der Waals surface area contributed by atoms with Crippen LogP contribution in [0.3, 0.4) is 0 Å². The number of rotatable bonds is 0. The molecule has 2 aliphatic rings. The van der Waals surface area contributed by atoms with Crippen molar-refractivity contribution >= 4 is 43.4 Å². The van der Waals surface area contributed by atoms with Crippen LogP contribution in [0.1, 0.15) is 55.8 Å². The molecule has 0 amide bonds. The summed E-state index contributed by atoms with van der Waals surface area (Å²) in [6, 6.07) is 8.16. The summed E-state index contributed by atoms with van der Waals surface area (Å²) < 4.78 is 2.10. The minimum absolute atomic E-state index is 0.278. The third-order valence-corrected chi connectivity index (χ3v) is 6.50. The number of hydrogen-bond acceptors (Lipinski definition) is 2. The van der Waals surface area contributed by atoms with E-state index in [-0.39, 0.29) is 5.78 Å². The second kappa shape index (κ2) is 6.93. The maximum Gasteiger partial charge on any atom is 0.164 e. The molecule has 0 spiro atoms. The molecule has 0 aliphatic heterocycles. The lowest BCUT2D eigenvalue weighted by Gasteiger charge is -2.03. The van der Waals surface area contributed by atoms with Gasteiger partial charge in [-0.2, -0.15) is 0 Å². The molecule has 24 heavy (non-hydrogen) atoms. The molecule has 4 rings (SSSR count). The number of aryl methyl sites for hydroxylation is 4. The van der Waals surface area contributed by atoms with Crippen LogP contribution in [0, 0.1) is 13.8 Å². The predicted molar refractivity (Wildman–Crippen MR) is 103 cm³/mol. The Bertz CT molecular complexity index is 853. The van der Waals surface area contributed by atoms with E-state index in [9.17, 15) is 9.59 Å². The van der Waals surface area contributed by atoms with Crippen molar-refractivity contribution in [1.29, 1.82) is 0 Å². The number of carbonyl (C=O) groups excluding carboxylic acids is 2. The van der Waals surface area contributed by atoms with E-state index in [1.54, 1.807) is 0 Å². The molecule has 0 unspecified atom stereocenters. The van der Waals surface area contributed by atoms with Crippen molar-refractivity contribution in [3.63, 3.8) is 0 Å². The molecule has 2 aromatic carbocycles. The topological polar surface area (TPSA) is 34.1 Å². The second-order valence-corrected chi connectivity index (χ2v) is 7.98. The van der Waals surface area contributed by atoms with E-state index in [0.717, 1.165) is 44.0 Å². The van der Waals surface area contributed by atoms with Crippen molar-refractivity contribution in [3.05, 3.63) is 66.6 Å². The lowest BCUT2D eigenvalue weighted by Crippen LogP contribution is -1.94. The first-order valence-corrected chi connectivity index (χ1v) is 9.60.